The zero-order valence-electron chi connectivity index (χ0n) is 9.94. The zero-order valence-corrected chi connectivity index (χ0v) is 13.1. The second kappa shape index (κ2) is 6.91. The van der Waals surface area contributed by atoms with Crippen molar-refractivity contribution in [2.75, 3.05) is 0 Å². The predicted molar refractivity (Wildman–Crippen MR) is 87.1 cm³/mol. The fourth-order valence-corrected chi connectivity index (χ4v) is 2.45. The van der Waals surface area contributed by atoms with Gasteiger partial charge in [0.1, 0.15) is 0 Å². The summed E-state index contributed by atoms with van der Waals surface area (Å²) in [6, 6.07) is 17.0. The molecule has 0 radical (unpaired) electrons. The molecule has 0 fully saturated rings. The van der Waals surface area contributed by atoms with Crippen molar-refractivity contribution >= 4 is 44.0 Å². The van der Waals surface area contributed by atoms with Crippen LogP contribution < -0.4 is 0 Å². The summed E-state index contributed by atoms with van der Waals surface area (Å²) in [5.74, 6) is 0. The molecule has 2 aromatic rings. The SMILES string of the molecule is BrCc1cc(/C=C/c2ccccc2)cc(CBr)c1. The maximum absolute atomic E-state index is 3.51. The molecule has 0 aliphatic rings. The zero-order chi connectivity index (χ0) is 12.8. The van der Waals surface area contributed by atoms with Crippen LogP contribution in [0.5, 0.6) is 0 Å². The summed E-state index contributed by atoms with van der Waals surface area (Å²) >= 11 is 7.02. The monoisotopic (exact) mass is 364 g/mol. The lowest BCUT2D eigenvalue weighted by molar-refractivity contribution is 1.34. The van der Waals surface area contributed by atoms with E-state index in [2.05, 4.69) is 86.5 Å². The van der Waals surface area contributed by atoms with Gasteiger partial charge in [0.05, 0.1) is 0 Å². The molecule has 0 bridgehead atoms. The molecule has 0 N–H and O–H groups in total. The molecule has 0 heterocycles. The van der Waals surface area contributed by atoms with Crippen molar-refractivity contribution in [3.05, 3.63) is 70.8 Å². The van der Waals surface area contributed by atoms with Crippen LogP contribution in [0.1, 0.15) is 22.3 Å². The van der Waals surface area contributed by atoms with Crippen molar-refractivity contribution in [3.8, 4) is 0 Å². The molecule has 2 aromatic carbocycles. The molecule has 92 valence electrons. The van der Waals surface area contributed by atoms with Crippen LogP contribution in [0.25, 0.3) is 12.2 Å². The van der Waals surface area contributed by atoms with E-state index < -0.39 is 0 Å². The van der Waals surface area contributed by atoms with Crippen molar-refractivity contribution in [3.63, 3.8) is 0 Å². The van der Waals surface area contributed by atoms with Gasteiger partial charge in [0.2, 0.25) is 0 Å². The van der Waals surface area contributed by atoms with Gasteiger partial charge in [0.15, 0.2) is 0 Å². The lowest BCUT2D eigenvalue weighted by Crippen LogP contribution is -1.85. The van der Waals surface area contributed by atoms with Crippen molar-refractivity contribution in [2.45, 2.75) is 10.7 Å². The van der Waals surface area contributed by atoms with Crippen LogP contribution in [-0.2, 0) is 10.7 Å². The van der Waals surface area contributed by atoms with Crippen LogP contribution in [0.3, 0.4) is 0 Å². The van der Waals surface area contributed by atoms with Crippen molar-refractivity contribution in [1.29, 1.82) is 0 Å². The quantitative estimate of drug-likeness (QED) is 0.485. The number of rotatable bonds is 4. The van der Waals surface area contributed by atoms with Gasteiger partial charge in [-0.25, -0.2) is 0 Å². The Morgan fingerprint density at radius 3 is 1.83 bits per heavy atom. The summed E-state index contributed by atoms with van der Waals surface area (Å²) in [5, 5.41) is 1.78. The molecule has 0 unspecified atom stereocenters. The molecule has 18 heavy (non-hydrogen) atoms. The Morgan fingerprint density at radius 1 is 0.722 bits per heavy atom. The third-order valence-corrected chi connectivity index (χ3v) is 3.95. The average molecular weight is 366 g/mol. The van der Waals surface area contributed by atoms with Crippen LogP contribution in [0, 0.1) is 0 Å². The van der Waals surface area contributed by atoms with E-state index in [0.29, 0.717) is 0 Å². The van der Waals surface area contributed by atoms with Crippen LogP contribution in [-0.4, -0.2) is 0 Å². The lowest BCUT2D eigenvalue weighted by Gasteiger charge is -2.03. The van der Waals surface area contributed by atoms with Gasteiger partial charge in [-0.15, -0.1) is 0 Å². The first-order chi connectivity index (χ1) is 8.81. The highest BCUT2D eigenvalue weighted by atomic mass is 79.9. The van der Waals surface area contributed by atoms with Crippen LogP contribution in [0.2, 0.25) is 0 Å². The van der Waals surface area contributed by atoms with Gasteiger partial charge in [-0.3, -0.25) is 0 Å². The van der Waals surface area contributed by atoms with Gasteiger partial charge in [-0.2, -0.15) is 0 Å². The maximum atomic E-state index is 3.51. The van der Waals surface area contributed by atoms with Crippen molar-refractivity contribution in [1.82, 2.24) is 0 Å². The topological polar surface area (TPSA) is 0 Å². The highest BCUT2D eigenvalue weighted by Crippen LogP contribution is 2.17. The molecule has 0 saturated heterocycles. The van der Waals surface area contributed by atoms with Crippen molar-refractivity contribution < 1.29 is 0 Å². The van der Waals surface area contributed by atoms with Gasteiger partial charge in [-0.1, -0.05) is 92.5 Å². The number of alkyl halides is 2. The molecular formula is C16H14Br2. The first kappa shape index (κ1) is 13.6. The van der Waals surface area contributed by atoms with Gasteiger partial charge in [0, 0.05) is 10.7 Å². The summed E-state index contributed by atoms with van der Waals surface area (Å²) in [4.78, 5) is 0. The first-order valence-corrected chi connectivity index (χ1v) is 8.04. The molecule has 0 amide bonds. The number of benzene rings is 2. The lowest BCUT2D eigenvalue weighted by atomic mass is 10.1. The van der Waals surface area contributed by atoms with E-state index in [1.54, 1.807) is 0 Å². The summed E-state index contributed by atoms with van der Waals surface area (Å²) in [6.45, 7) is 0. The Labute approximate surface area is 125 Å². The van der Waals surface area contributed by atoms with Gasteiger partial charge in [-0.05, 0) is 22.3 Å². The molecule has 0 nitrogen and oxygen atoms in total. The minimum Gasteiger partial charge on any atom is -0.0876 e. The van der Waals surface area contributed by atoms with E-state index in [0.717, 1.165) is 10.7 Å². The van der Waals surface area contributed by atoms with E-state index in [1.165, 1.54) is 22.3 Å². The van der Waals surface area contributed by atoms with E-state index in [1.807, 2.05) is 6.07 Å². The highest BCUT2D eigenvalue weighted by Gasteiger charge is 1.97. The summed E-state index contributed by atoms with van der Waals surface area (Å²) in [6.07, 6.45) is 4.30. The molecule has 0 aliphatic heterocycles. The second-order valence-corrected chi connectivity index (χ2v) is 5.22. The Kier molecular flexibility index (Phi) is 5.21. The average Bonchev–Trinajstić information content (AvgIpc) is 2.45. The van der Waals surface area contributed by atoms with Gasteiger partial charge in [0.25, 0.3) is 0 Å². The van der Waals surface area contributed by atoms with Gasteiger partial charge < -0.3 is 0 Å². The number of hydrogen-bond acceptors (Lipinski definition) is 0. The Morgan fingerprint density at radius 2 is 1.28 bits per heavy atom. The Hall–Kier alpha value is -0.860. The third kappa shape index (κ3) is 3.82. The molecular weight excluding hydrogens is 352 g/mol. The standard InChI is InChI=1S/C16H14Br2/c17-11-15-8-14(9-16(10-15)12-18)7-6-13-4-2-1-3-5-13/h1-10H,11-12H2/b7-6+. The Balaban J connectivity index is 2.25. The summed E-state index contributed by atoms with van der Waals surface area (Å²) in [7, 11) is 0. The molecule has 0 aliphatic carbocycles. The Bertz CT molecular complexity index is 508. The minimum absolute atomic E-state index is 0.889. The normalized spacial score (nSPS) is 11.0. The van der Waals surface area contributed by atoms with E-state index >= 15 is 0 Å². The number of halogens is 2. The second-order valence-electron chi connectivity index (χ2n) is 4.09. The van der Waals surface area contributed by atoms with Gasteiger partial charge >= 0.3 is 0 Å². The van der Waals surface area contributed by atoms with E-state index in [4.69, 9.17) is 0 Å². The summed E-state index contributed by atoms with van der Waals surface area (Å²) < 4.78 is 0. The van der Waals surface area contributed by atoms with Crippen LogP contribution in [0.15, 0.2) is 48.5 Å². The first-order valence-electron chi connectivity index (χ1n) is 5.80. The van der Waals surface area contributed by atoms with E-state index in [9.17, 15) is 0 Å². The van der Waals surface area contributed by atoms with Crippen LogP contribution in [0.4, 0.5) is 0 Å². The molecule has 2 rings (SSSR count). The highest BCUT2D eigenvalue weighted by molar-refractivity contribution is 9.08. The molecule has 0 atom stereocenters. The molecule has 0 aromatic heterocycles. The summed E-state index contributed by atoms with van der Waals surface area (Å²) in [5.41, 5.74) is 5.08. The fourth-order valence-electron chi connectivity index (χ4n) is 1.80. The minimum atomic E-state index is 0.889. The number of hydrogen-bond donors (Lipinski definition) is 0. The van der Waals surface area contributed by atoms with Crippen LogP contribution >= 0.6 is 31.9 Å². The van der Waals surface area contributed by atoms with Crippen molar-refractivity contribution in [2.24, 2.45) is 0 Å². The third-order valence-electron chi connectivity index (χ3n) is 2.65. The molecule has 0 saturated carbocycles. The molecule has 0 spiro atoms. The predicted octanol–water partition coefficient (Wildman–Crippen LogP) is 5.65. The largest absolute Gasteiger partial charge is 0.0876 e. The smallest absolute Gasteiger partial charge is 0.0283 e. The fraction of sp³-hybridized carbons (Fsp3) is 0.125. The molecule has 2 heteroatoms. The maximum Gasteiger partial charge on any atom is 0.0283 e. The van der Waals surface area contributed by atoms with E-state index in [-0.39, 0.29) is 0 Å².